The molecule has 0 aliphatic carbocycles. The molecule has 170 valence electrons. The predicted octanol–water partition coefficient (Wildman–Crippen LogP) is 4.43. The van der Waals surface area contributed by atoms with Crippen LogP contribution in [-0.4, -0.2) is 33.1 Å². The van der Waals surface area contributed by atoms with Gasteiger partial charge < -0.3 is 15.7 Å². The number of thiazole rings is 1. The number of anilines is 1. The second-order valence-electron chi connectivity index (χ2n) is 7.53. The van der Waals surface area contributed by atoms with Gasteiger partial charge in [-0.25, -0.2) is 14.4 Å². The summed E-state index contributed by atoms with van der Waals surface area (Å²) in [6.07, 6.45) is 5.54. The van der Waals surface area contributed by atoms with E-state index in [0.717, 1.165) is 17.5 Å². The van der Waals surface area contributed by atoms with Crippen molar-refractivity contribution in [2.24, 2.45) is 4.99 Å². The molecule has 8 nitrogen and oxygen atoms in total. The summed E-state index contributed by atoms with van der Waals surface area (Å²) in [6.45, 7) is 11.5. The molecule has 0 bridgehead atoms. The molecule has 0 radical (unpaired) electrons. The second kappa shape index (κ2) is 10.3. The van der Waals surface area contributed by atoms with Gasteiger partial charge >= 0.3 is 0 Å². The quantitative estimate of drug-likeness (QED) is 0.307. The van der Waals surface area contributed by atoms with Gasteiger partial charge in [0.05, 0.1) is 18.4 Å². The van der Waals surface area contributed by atoms with Crippen LogP contribution in [0.1, 0.15) is 60.9 Å². The number of nitrogens with zero attached hydrogens (tertiary/aromatic N) is 3. The number of aromatic nitrogens is 2. The fourth-order valence-electron chi connectivity index (χ4n) is 2.63. The van der Waals surface area contributed by atoms with Gasteiger partial charge in [-0.2, -0.15) is 0 Å². The number of nitrogens with one attached hydrogen (secondary N) is 2. The highest BCUT2D eigenvalue weighted by Gasteiger charge is 2.24. The van der Waals surface area contributed by atoms with Crippen LogP contribution >= 0.6 is 11.3 Å². The normalized spacial score (nSPS) is 13.1. The lowest BCUT2D eigenvalue weighted by Gasteiger charge is -2.16. The SMILES string of the molecule is C=C(C)/C=C(\N=CC)C(=O)NC(C)c1ncc(C(=O)Nc2cc(C(C)(C)F)c(O)cn2)s1. The fourth-order valence-corrected chi connectivity index (χ4v) is 3.45. The smallest absolute Gasteiger partial charge is 0.270 e. The zero-order chi connectivity index (χ0) is 24.1. The van der Waals surface area contributed by atoms with E-state index in [-0.39, 0.29) is 27.7 Å². The molecular formula is C22H26FN5O3S. The highest BCUT2D eigenvalue weighted by Crippen LogP contribution is 2.33. The van der Waals surface area contributed by atoms with Crippen LogP contribution in [0.4, 0.5) is 10.2 Å². The third-order valence-corrected chi connectivity index (χ3v) is 5.29. The minimum atomic E-state index is -1.81. The molecule has 2 aromatic heterocycles. The Hall–Kier alpha value is -3.40. The molecule has 10 heteroatoms. The van der Waals surface area contributed by atoms with Crippen LogP contribution in [0.15, 0.2) is 47.4 Å². The Bertz CT molecular complexity index is 1090. The largest absolute Gasteiger partial charge is 0.506 e. The fraction of sp³-hybridized carbons (Fsp3) is 0.318. The molecule has 2 heterocycles. The van der Waals surface area contributed by atoms with Gasteiger partial charge in [-0.3, -0.25) is 14.6 Å². The molecule has 0 spiro atoms. The number of hydrogen-bond acceptors (Lipinski definition) is 7. The third kappa shape index (κ3) is 6.55. The number of amides is 2. The van der Waals surface area contributed by atoms with E-state index >= 15 is 0 Å². The van der Waals surface area contributed by atoms with Crippen molar-refractivity contribution in [2.75, 3.05) is 5.32 Å². The molecule has 2 amide bonds. The van der Waals surface area contributed by atoms with Gasteiger partial charge in [0.1, 0.15) is 32.8 Å². The summed E-state index contributed by atoms with van der Waals surface area (Å²) in [5, 5.41) is 15.7. The highest BCUT2D eigenvalue weighted by molar-refractivity contribution is 7.13. The van der Waals surface area contributed by atoms with E-state index in [1.165, 1.54) is 32.3 Å². The molecule has 0 aliphatic rings. The summed E-state index contributed by atoms with van der Waals surface area (Å²) in [6, 6.07) is 0.808. The van der Waals surface area contributed by atoms with Crippen molar-refractivity contribution in [2.45, 2.75) is 46.3 Å². The van der Waals surface area contributed by atoms with E-state index < -0.39 is 23.5 Å². The van der Waals surface area contributed by atoms with Crippen LogP contribution in [0.5, 0.6) is 5.75 Å². The third-order valence-electron chi connectivity index (χ3n) is 4.11. The van der Waals surface area contributed by atoms with E-state index in [9.17, 15) is 19.1 Å². The van der Waals surface area contributed by atoms with E-state index in [1.807, 2.05) is 0 Å². The molecule has 1 atom stereocenters. The number of aliphatic imine (C=N–C) groups is 1. The van der Waals surface area contributed by atoms with Crippen LogP contribution in [0.2, 0.25) is 0 Å². The molecular weight excluding hydrogens is 433 g/mol. The number of rotatable bonds is 8. The zero-order valence-electron chi connectivity index (χ0n) is 18.6. The lowest BCUT2D eigenvalue weighted by atomic mass is 10.0. The van der Waals surface area contributed by atoms with Crippen LogP contribution in [-0.2, 0) is 10.5 Å². The van der Waals surface area contributed by atoms with Crippen LogP contribution in [0.3, 0.4) is 0 Å². The maximum atomic E-state index is 14.2. The van der Waals surface area contributed by atoms with E-state index in [4.69, 9.17) is 0 Å². The Labute approximate surface area is 190 Å². The average Bonchev–Trinajstić information content (AvgIpc) is 3.18. The summed E-state index contributed by atoms with van der Waals surface area (Å²) >= 11 is 1.10. The van der Waals surface area contributed by atoms with Crippen LogP contribution < -0.4 is 10.6 Å². The number of pyridine rings is 1. The monoisotopic (exact) mass is 459 g/mol. The molecule has 0 aliphatic heterocycles. The first-order valence-corrected chi connectivity index (χ1v) is 10.6. The van der Waals surface area contributed by atoms with E-state index in [0.29, 0.717) is 10.6 Å². The number of allylic oxidation sites excluding steroid dienone is 2. The number of carbonyl (C=O) groups excluding carboxylic acids is 2. The molecule has 2 aromatic rings. The Balaban J connectivity index is 2.12. The molecule has 3 N–H and O–H groups in total. The lowest BCUT2D eigenvalue weighted by molar-refractivity contribution is -0.118. The Morgan fingerprint density at radius 1 is 1.34 bits per heavy atom. The molecule has 1 unspecified atom stereocenters. The maximum absolute atomic E-state index is 14.2. The summed E-state index contributed by atoms with van der Waals surface area (Å²) in [7, 11) is 0. The maximum Gasteiger partial charge on any atom is 0.270 e. The van der Waals surface area contributed by atoms with Gasteiger partial charge in [-0.15, -0.1) is 11.3 Å². The Morgan fingerprint density at radius 2 is 2.03 bits per heavy atom. The van der Waals surface area contributed by atoms with Crippen molar-refractivity contribution in [3.05, 3.63) is 57.8 Å². The first kappa shape index (κ1) is 24.9. The van der Waals surface area contributed by atoms with Crippen molar-refractivity contribution in [1.82, 2.24) is 15.3 Å². The van der Waals surface area contributed by atoms with Gasteiger partial charge in [-0.1, -0.05) is 12.2 Å². The molecule has 0 fully saturated rings. The Kier molecular flexibility index (Phi) is 7.98. The average molecular weight is 460 g/mol. The summed E-state index contributed by atoms with van der Waals surface area (Å²) < 4.78 is 14.2. The predicted molar refractivity (Wildman–Crippen MR) is 124 cm³/mol. The minimum absolute atomic E-state index is 0.0116. The summed E-state index contributed by atoms with van der Waals surface area (Å²) in [5.74, 6) is -1.09. The van der Waals surface area contributed by atoms with Gasteiger partial charge in [0, 0.05) is 11.8 Å². The number of alkyl halides is 1. The number of halogens is 1. The van der Waals surface area contributed by atoms with E-state index in [1.54, 1.807) is 26.8 Å². The number of carbonyl (C=O) groups is 2. The van der Waals surface area contributed by atoms with Crippen molar-refractivity contribution in [3.63, 3.8) is 0 Å². The summed E-state index contributed by atoms with van der Waals surface area (Å²) in [4.78, 5) is 37.5. The summed E-state index contributed by atoms with van der Waals surface area (Å²) in [5.41, 5.74) is -0.899. The van der Waals surface area contributed by atoms with Gasteiger partial charge in [0.2, 0.25) is 0 Å². The van der Waals surface area contributed by atoms with Crippen LogP contribution in [0.25, 0.3) is 0 Å². The molecule has 0 aromatic carbocycles. The molecule has 0 saturated heterocycles. The molecule has 0 saturated carbocycles. The zero-order valence-corrected chi connectivity index (χ0v) is 19.4. The van der Waals surface area contributed by atoms with Crippen LogP contribution in [0, 0.1) is 0 Å². The van der Waals surface area contributed by atoms with Gasteiger partial charge in [0.25, 0.3) is 11.8 Å². The van der Waals surface area contributed by atoms with Gasteiger partial charge in [-0.05, 0) is 46.8 Å². The highest BCUT2D eigenvalue weighted by atomic mass is 32.1. The number of hydrogen-bond donors (Lipinski definition) is 3. The lowest BCUT2D eigenvalue weighted by Crippen LogP contribution is -2.27. The van der Waals surface area contributed by atoms with Gasteiger partial charge in [0.15, 0.2) is 0 Å². The molecule has 32 heavy (non-hydrogen) atoms. The van der Waals surface area contributed by atoms with Crippen molar-refractivity contribution < 1.29 is 19.1 Å². The standard InChI is InChI=1S/C22H26FN5O3S/c1-7-24-15(8-12(2)3)19(30)27-13(4)21-26-11-17(32-21)20(31)28-18-9-14(22(5,6)23)16(29)10-25-18/h7-11,13,29H,2H2,1,3-6H3,(H,27,30)(H,25,28,31)/b15-8-,24-7?. The minimum Gasteiger partial charge on any atom is -0.506 e. The first-order chi connectivity index (χ1) is 14.9. The van der Waals surface area contributed by atoms with Crippen molar-refractivity contribution in [3.8, 4) is 5.75 Å². The Morgan fingerprint density at radius 3 is 2.62 bits per heavy atom. The van der Waals surface area contributed by atoms with Crippen molar-refractivity contribution >= 4 is 35.2 Å². The topological polar surface area (TPSA) is 117 Å². The van der Waals surface area contributed by atoms with E-state index in [2.05, 4.69) is 32.2 Å². The number of aromatic hydroxyl groups is 1. The second-order valence-corrected chi connectivity index (χ2v) is 8.60. The first-order valence-electron chi connectivity index (χ1n) is 9.74. The molecule has 2 rings (SSSR count). The van der Waals surface area contributed by atoms with Crippen molar-refractivity contribution in [1.29, 1.82) is 0 Å².